The zero-order valence-corrected chi connectivity index (χ0v) is 17.2. The number of nitrogens with zero attached hydrogens (tertiary/aromatic N) is 1. The Balaban J connectivity index is 0.000000359. The van der Waals surface area contributed by atoms with Crippen LogP contribution in [0.2, 0.25) is 10.0 Å². The number of aliphatic hydroxyl groups excluding tert-OH is 3. The summed E-state index contributed by atoms with van der Waals surface area (Å²) < 4.78 is 0. The molecular formula is C18H26Cl2N2O7. The van der Waals surface area contributed by atoms with E-state index in [9.17, 15) is 14.7 Å². The van der Waals surface area contributed by atoms with Crippen LogP contribution < -0.4 is 5.32 Å². The highest BCUT2D eigenvalue weighted by molar-refractivity contribution is 6.35. The van der Waals surface area contributed by atoms with Gasteiger partial charge in [-0.3, -0.25) is 4.90 Å². The second-order valence-corrected chi connectivity index (χ2v) is 7.32. The number of aliphatic carboxylic acids is 2. The first-order valence-corrected chi connectivity index (χ1v) is 9.74. The summed E-state index contributed by atoms with van der Waals surface area (Å²) in [5.41, 5.74) is 1.07. The molecule has 1 saturated heterocycles. The first kappa shape index (κ1) is 25.6. The summed E-state index contributed by atoms with van der Waals surface area (Å²) in [4.78, 5) is 21.9. The Morgan fingerprint density at radius 3 is 2.10 bits per heavy atom. The van der Waals surface area contributed by atoms with Crippen LogP contribution in [0.4, 0.5) is 0 Å². The quantitative estimate of drug-likeness (QED) is 0.329. The van der Waals surface area contributed by atoms with Crippen molar-refractivity contribution in [1.82, 2.24) is 10.2 Å². The maximum Gasteiger partial charge on any atom is 0.335 e. The van der Waals surface area contributed by atoms with Gasteiger partial charge in [0.15, 0.2) is 12.2 Å². The Morgan fingerprint density at radius 2 is 1.66 bits per heavy atom. The van der Waals surface area contributed by atoms with Gasteiger partial charge < -0.3 is 30.8 Å². The molecule has 0 amide bonds. The van der Waals surface area contributed by atoms with Gasteiger partial charge in [0.1, 0.15) is 0 Å². The molecule has 0 spiro atoms. The first-order chi connectivity index (χ1) is 13.7. The van der Waals surface area contributed by atoms with E-state index < -0.39 is 24.1 Å². The third-order valence-electron chi connectivity index (χ3n) is 4.41. The van der Waals surface area contributed by atoms with E-state index in [4.69, 9.17) is 43.6 Å². The Kier molecular flexibility index (Phi) is 11.4. The number of carboxylic acids is 2. The normalized spacial score (nSPS) is 16.6. The van der Waals surface area contributed by atoms with Gasteiger partial charge in [0.2, 0.25) is 0 Å². The Hall–Kier alpha value is -1.46. The molecule has 9 nitrogen and oxygen atoms in total. The molecule has 1 aliphatic heterocycles. The SMILES string of the molecule is O=C(O)[C@H](O)[C@@H](O)C(=O)O.OCCN(Cc1ccc(Cl)cc1Cl)C1CCNCC1. The van der Waals surface area contributed by atoms with Gasteiger partial charge in [0, 0.05) is 29.2 Å². The van der Waals surface area contributed by atoms with Crippen molar-refractivity contribution in [2.75, 3.05) is 26.2 Å². The number of carbonyl (C=O) groups is 2. The minimum absolute atomic E-state index is 0.176. The number of aliphatic hydroxyl groups is 3. The fourth-order valence-corrected chi connectivity index (χ4v) is 3.30. The molecule has 11 heteroatoms. The van der Waals surface area contributed by atoms with Crippen LogP contribution in [-0.2, 0) is 16.1 Å². The summed E-state index contributed by atoms with van der Waals surface area (Å²) in [7, 11) is 0. The summed E-state index contributed by atoms with van der Waals surface area (Å²) in [5, 5.41) is 46.5. The van der Waals surface area contributed by atoms with E-state index in [0.29, 0.717) is 22.6 Å². The molecule has 0 radical (unpaired) electrons. The van der Waals surface area contributed by atoms with Crippen LogP contribution in [0.15, 0.2) is 18.2 Å². The van der Waals surface area contributed by atoms with Crippen molar-refractivity contribution in [2.45, 2.75) is 37.6 Å². The molecule has 0 bridgehead atoms. The van der Waals surface area contributed by atoms with E-state index >= 15 is 0 Å². The van der Waals surface area contributed by atoms with E-state index in [1.807, 2.05) is 12.1 Å². The van der Waals surface area contributed by atoms with Crippen LogP contribution >= 0.6 is 23.2 Å². The van der Waals surface area contributed by atoms with Crippen LogP contribution in [0, 0.1) is 0 Å². The van der Waals surface area contributed by atoms with Crippen molar-refractivity contribution in [3.8, 4) is 0 Å². The predicted octanol–water partition coefficient (Wildman–Crippen LogP) is 0.417. The molecule has 1 heterocycles. The number of halogens is 2. The predicted molar refractivity (Wildman–Crippen MR) is 107 cm³/mol. The second-order valence-electron chi connectivity index (χ2n) is 6.48. The van der Waals surface area contributed by atoms with Gasteiger partial charge >= 0.3 is 11.9 Å². The maximum absolute atomic E-state index is 9.77. The average Bonchev–Trinajstić information content (AvgIpc) is 2.69. The number of benzene rings is 1. The molecular weight excluding hydrogens is 427 g/mol. The summed E-state index contributed by atoms with van der Waals surface area (Å²) in [6, 6.07) is 6.12. The van der Waals surface area contributed by atoms with Crippen LogP contribution in [0.25, 0.3) is 0 Å². The number of carboxylic acid groups (broad SMARTS) is 2. The van der Waals surface area contributed by atoms with Gasteiger partial charge in [-0.1, -0.05) is 29.3 Å². The lowest BCUT2D eigenvalue weighted by atomic mass is 10.0. The average molecular weight is 453 g/mol. The molecule has 1 fully saturated rings. The summed E-state index contributed by atoms with van der Waals surface area (Å²) in [6.45, 7) is 3.71. The van der Waals surface area contributed by atoms with E-state index in [1.165, 1.54) is 0 Å². The molecule has 2 rings (SSSR count). The van der Waals surface area contributed by atoms with Crippen LogP contribution in [-0.4, -0.2) is 86.9 Å². The second kappa shape index (κ2) is 13.0. The molecule has 29 heavy (non-hydrogen) atoms. The molecule has 0 saturated carbocycles. The third-order valence-corrected chi connectivity index (χ3v) is 4.99. The van der Waals surface area contributed by atoms with E-state index in [0.717, 1.165) is 38.0 Å². The van der Waals surface area contributed by atoms with Crippen molar-refractivity contribution in [2.24, 2.45) is 0 Å². The van der Waals surface area contributed by atoms with Gasteiger partial charge in [-0.15, -0.1) is 0 Å². The minimum atomic E-state index is -2.27. The highest BCUT2D eigenvalue weighted by atomic mass is 35.5. The largest absolute Gasteiger partial charge is 0.479 e. The van der Waals surface area contributed by atoms with Crippen molar-refractivity contribution in [1.29, 1.82) is 0 Å². The Labute approximate surface area is 178 Å². The topological polar surface area (TPSA) is 151 Å². The number of hydrogen-bond acceptors (Lipinski definition) is 7. The molecule has 6 N–H and O–H groups in total. The smallest absolute Gasteiger partial charge is 0.335 e. The number of rotatable bonds is 8. The molecule has 2 atom stereocenters. The fraction of sp³-hybridized carbons (Fsp3) is 0.556. The zero-order valence-electron chi connectivity index (χ0n) is 15.7. The molecule has 1 aromatic carbocycles. The number of hydrogen-bond donors (Lipinski definition) is 6. The molecule has 0 aliphatic carbocycles. The standard InChI is InChI=1S/C14H20Cl2N2O.C4H6O6/c15-12-2-1-11(14(16)9-12)10-18(7-8-19)13-3-5-17-6-4-13;5-1(3(7)8)2(6)4(9)10/h1-2,9,13,17,19H,3-8,10H2;1-2,5-6H,(H,7,8)(H,9,10)/t;1-,2-/m.1/s1. The summed E-state index contributed by atoms with van der Waals surface area (Å²) in [6.07, 6.45) is -2.30. The van der Waals surface area contributed by atoms with E-state index in [1.54, 1.807) is 6.07 Å². The van der Waals surface area contributed by atoms with Gasteiger partial charge in [-0.05, 0) is 43.6 Å². The summed E-state index contributed by atoms with van der Waals surface area (Å²) >= 11 is 12.1. The fourth-order valence-electron chi connectivity index (χ4n) is 2.83. The molecule has 164 valence electrons. The highest BCUT2D eigenvalue weighted by Crippen LogP contribution is 2.24. The van der Waals surface area contributed by atoms with Gasteiger partial charge in [0.05, 0.1) is 6.61 Å². The molecule has 0 aromatic heterocycles. The van der Waals surface area contributed by atoms with Crippen LogP contribution in [0.3, 0.4) is 0 Å². The van der Waals surface area contributed by atoms with Gasteiger partial charge in [-0.25, -0.2) is 9.59 Å². The first-order valence-electron chi connectivity index (χ1n) is 8.98. The van der Waals surface area contributed by atoms with Crippen molar-refractivity contribution < 1.29 is 35.1 Å². The lowest BCUT2D eigenvalue weighted by Gasteiger charge is -2.34. The Bertz CT molecular complexity index is 654. The molecule has 1 aromatic rings. The van der Waals surface area contributed by atoms with E-state index in [2.05, 4.69) is 10.2 Å². The zero-order chi connectivity index (χ0) is 22.0. The highest BCUT2D eigenvalue weighted by Gasteiger charge is 2.29. The van der Waals surface area contributed by atoms with Gasteiger partial charge in [-0.2, -0.15) is 0 Å². The maximum atomic E-state index is 9.77. The number of nitrogens with one attached hydrogen (secondary N) is 1. The van der Waals surface area contributed by atoms with Crippen LogP contribution in [0.5, 0.6) is 0 Å². The van der Waals surface area contributed by atoms with E-state index in [-0.39, 0.29) is 6.61 Å². The Morgan fingerprint density at radius 1 is 1.10 bits per heavy atom. The summed E-state index contributed by atoms with van der Waals surface area (Å²) in [5.74, 6) is -3.54. The van der Waals surface area contributed by atoms with Crippen molar-refractivity contribution in [3.05, 3.63) is 33.8 Å². The monoisotopic (exact) mass is 452 g/mol. The third kappa shape index (κ3) is 8.83. The van der Waals surface area contributed by atoms with Gasteiger partial charge in [0.25, 0.3) is 0 Å². The molecule has 0 unspecified atom stereocenters. The number of piperidine rings is 1. The minimum Gasteiger partial charge on any atom is -0.479 e. The van der Waals surface area contributed by atoms with Crippen molar-refractivity contribution in [3.63, 3.8) is 0 Å². The van der Waals surface area contributed by atoms with Crippen molar-refractivity contribution >= 4 is 35.1 Å². The lowest BCUT2D eigenvalue weighted by molar-refractivity contribution is -0.165. The molecule has 1 aliphatic rings. The lowest BCUT2D eigenvalue weighted by Crippen LogP contribution is -2.43. The van der Waals surface area contributed by atoms with Crippen LogP contribution in [0.1, 0.15) is 18.4 Å².